The number of nitrogens with two attached hydrogens (primary N) is 2. The quantitative estimate of drug-likeness (QED) is 0.0395. The second-order valence-corrected chi connectivity index (χ2v) is 26.6. The second-order valence-electron chi connectivity index (χ2n) is 24.7. The molecule has 10 rings (SSSR count). The van der Waals surface area contributed by atoms with Gasteiger partial charge in [0.2, 0.25) is 0 Å². The van der Waals surface area contributed by atoms with E-state index in [0.717, 1.165) is 53.5 Å². The molecular formula is C67H79ClF2N12O5S. The van der Waals surface area contributed by atoms with Gasteiger partial charge in [-0.05, 0) is 199 Å². The smallest absolute Gasteiger partial charge is 0.407 e. The summed E-state index contributed by atoms with van der Waals surface area (Å²) in [7, 11) is -1.49. The number of alkyl carbamates (subject to hydrolysis) is 1. The Morgan fingerprint density at radius 2 is 1.14 bits per heavy atom. The topological polar surface area (TPSA) is 239 Å². The molecule has 88 heavy (non-hydrogen) atoms. The fourth-order valence-corrected chi connectivity index (χ4v) is 11.2. The van der Waals surface area contributed by atoms with Gasteiger partial charge < -0.3 is 32.2 Å². The lowest BCUT2D eigenvalue weighted by atomic mass is 9.80. The van der Waals surface area contributed by atoms with E-state index in [1.807, 2.05) is 81.4 Å². The van der Waals surface area contributed by atoms with Gasteiger partial charge in [-0.1, -0.05) is 74.2 Å². The molecule has 3 atom stereocenters. The highest BCUT2D eigenvalue weighted by molar-refractivity contribution is 7.84. The van der Waals surface area contributed by atoms with E-state index in [4.69, 9.17) is 16.2 Å². The number of halogens is 3. The maximum Gasteiger partial charge on any atom is 0.407 e. The van der Waals surface area contributed by atoms with Crippen LogP contribution in [0.4, 0.5) is 25.0 Å². The summed E-state index contributed by atoms with van der Waals surface area (Å²) in [5.74, 6) is -0.932. The minimum Gasteiger partial charge on any atom is -0.444 e. The lowest BCUT2D eigenvalue weighted by molar-refractivity contribution is 0.0523. The van der Waals surface area contributed by atoms with Crippen molar-refractivity contribution in [3.8, 4) is 11.4 Å². The Hall–Kier alpha value is -8.01. The Morgan fingerprint density at radius 3 is 1.64 bits per heavy atom. The van der Waals surface area contributed by atoms with Gasteiger partial charge in [0.1, 0.15) is 28.6 Å². The van der Waals surface area contributed by atoms with Crippen LogP contribution in [-0.4, -0.2) is 62.0 Å². The largest absolute Gasteiger partial charge is 0.444 e. The van der Waals surface area contributed by atoms with Gasteiger partial charge in [0, 0.05) is 37.9 Å². The number of anilines is 2. The number of ether oxygens (including phenoxy) is 1. The number of hydrogen-bond donors (Lipinski definition) is 6. The fraction of sp³-hybridized carbons (Fsp3) is 0.358. The van der Waals surface area contributed by atoms with Crippen molar-refractivity contribution in [3.05, 3.63) is 214 Å². The highest BCUT2D eigenvalue weighted by Crippen LogP contribution is 2.44. The molecule has 0 spiro atoms. The molecule has 0 saturated heterocycles. The maximum absolute atomic E-state index is 15.6. The number of nitrogens with zero attached hydrogens (tertiary/aromatic N) is 6. The zero-order valence-electron chi connectivity index (χ0n) is 51.0. The summed E-state index contributed by atoms with van der Waals surface area (Å²) in [6.07, 6.45) is 14.2. The van der Waals surface area contributed by atoms with E-state index >= 15 is 4.39 Å². The Balaban J connectivity index is 0.000000235. The van der Waals surface area contributed by atoms with Gasteiger partial charge in [-0.3, -0.25) is 19.6 Å². The summed E-state index contributed by atoms with van der Waals surface area (Å²) in [4.78, 5) is 48.1. The standard InChI is InChI=1S/C38H47FN6O4S.C29H31FN6O.ClH/c1-25-20-33(45(43-25)30-12-8-10-27(21-30)23-41-35(47)49-36(2,3)4)34(46)42-32-22-28(15-16-31(32)39)38(18-17-26-13-14-26,29-11-9-19-40-24-29)44-50(48)37(5,6)7;1-19-14-27(36(35-19)24-6-2-4-21(15-24)17-31)28(37)34-26-16-22(9-10-25(26)30)29(32,12-11-20-7-8-20)23-5-3-13-33-18-23;/h8-12,15-16,19-22,24,26,44H,13-14,17-18,23H2,1-7H3,(H,41,47)(H,42,46);2-6,9-10,13-16,18,20H,7-8,11-12,17,31-32H2,1H3,(H,34,37);1H/t38?,50-;;/m0../s1. The van der Waals surface area contributed by atoms with E-state index in [-0.39, 0.29) is 41.7 Å². The van der Waals surface area contributed by atoms with Crippen LogP contribution in [-0.2, 0) is 39.9 Å². The number of aryl methyl sites for hydroxylation is 2. The predicted octanol–water partition coefficient (Wildman–Crippen LogP) is 12.7. The molecule has 3 amide bonds. The molecule has 4 aromatic carbocycles. The molecule has 2 fully saturated rings. The molecule has 2 aliphatic rings. The summed E-state index contributed by atoms with van der Waals surface area (Å²) >= 11 is 0. The third-order valence-corrected chi connectivity index (χ3v) is 17.0. The van der Waals surface area contributed by atoms with E-state index in [1.54, 1.807) is 113 Å². The molecule has 8 N–H and O–H groups in total. The first-order valence-electron chi connectivity index (χ1n) is 29.4. The molecule has 0 radical (unpaired) electrons. The van der Waals surface area contributed by atoms with Crippen LogP contribution in [0.3, 0.4) is 0 Å². The molecule has 4 aromatic heterocycles. The highest BCUT2D eigenvalue weighted by atomic mass is 35.5. The average molecular weight is 1240 g/mol. The molecule has 21 heteroatoms. The fourth-order valence-electron chi connectivity index (χ4n) is 10.3. The summed E-state index contributed by atoms with van der Waals surface area (Å²) in [6, 6.07) is 34.9. The zero-order chi connectivity index (χ0) is 62.3. The lowest BCUT2D eigenvalue weighted by Gasteiger charge is -2.38. The van der Waals surface area contributed by atoms with Crippen molar-refractivity contribution >= 4 is 52.7 Å². The van der Waals surface area contributed by atoms with Crippen LogP contribution in [0.2, 0.25) is 0 Å². The molecule has 2 saturated carbocycles. The van der Waals surface area contributed by atoms with Gasteiger partial charge in [-0.15, -0.1) is 12.4 Å². The zero-order valence-corrected chi connectivity index (χ0v) is 52.7. The van der Waals surface area contributed by atoms with E-state index in [2.05, 4.69) is 40.8 Å². The highest BCUT2D eigenvalue weighted by Gasteiger charge is 2.41. The van der Waals surface area contributed by atoms with Crippen LogP contribution in [0, 0.1) is 37.3 Å². The molecule has 0 bridgehead atoms. The van der Waals surface area contributed by atoms with Crippen molar-refractivity contribution in [1.82, 2.24) is 39.6 Å². The summed E-state index contributed by atoms with van der Waals surface area (Å²) in [5, 5.41) is 17.3. The Labute approximate surface area is 522 Å². The minimum atomic E-state index is -1.49. The van der Waals surface area contributed by atoms with E-state index < -0.39 is 62.0 Å². The number of amides is 3. The molecule has 0 aliphatic heterocycles. The third-order valence-electron chi connectivity index (χ3n) is 15.4. The number of nitrogens with one attached hydrogen (secondary N) is 4. The molecule has 2 unspecified atom stereocenters. The van der Waals surface area contributed by atoms with E-state index in [0.29, 0.717) is 59.5 Å². The molecule has 2 aliphatic carbocycles. The van der Waals surface area contributed by atoms with Crippen molar-refractivity contribution in [2.75, 3.05) is 10.6 Å². The monoisotopic (exact) mass is 1240 g/mol. The SMILES string of the molecule is Cc1cc(C(=O)Nc2cc(C(CCC3CC3)(N[S@@](=O)C(C)(C)C)c3cccnc3)ccc2F)n(-c2cccc(CNC(=O)OC(C)(C)C)c2)n1.Cc1cc(C(=O)Nc2cc(C(N)(CCC3CC3)c3cccnc3)ccc2F)n(-c2cccc(CN)c2)n1.Cl. The van der Waals surface area contributed by atoms with Gasteiger partial charge in [-0.2, -0.15) is 10.2 Å². The summed E-state index contributed by atoms with van der Waals surface area (Å²) in [5.41, 5.74) is 18.1. The normalized spacial score (nSPS) is 14.9. The van der Waals surface area contributed by atoms with Crippen LogP contribution in [0.1, 0.15) is 159 Å². The number of aromatic nitrogens is 6. The van der Waals surface area contributed by atoms with Crippen LogP contribution < -0.4 is 32.1 Å². The second kappa shape index (κ2) is 28.0. The third kappa shape index (κ3) is 16.6. The maximum atomic E-state index is 15.6. The van der Waals surface area contributed by atoms with E-state index in [9.17, 15) is 23.0 Å². The number of carbonyl (C=O) groups is 3. The van der Waals surface area contributed by atoms with Crippen molar-refractivity contribution < 1.29 is 32.1 Å². The molecular weight excluding hydrogens is 1160 g/mol. The summed E-state index contributed by atoms with van der Waals surface area (Å²) < 4.78 is 55.5. The molecule has 464 valence electrons. The first-order chi connectivity index (χ1) is 41.4. The number of pyridine rings is 2. The Morgan fingerprint density at radius 1 is 0.636 bits per heavy atom. The van der Waals surface area contributed by atoms with Gasteiger partial charge >= 0.3 is 6.09 Å². The first-order valence-corrected chi connectivity index (χ1v) is 30.6. The number of benzene rings is 4. The van der Waals surface area contributed by atoms with Crippen LogP contribution in [0.15, 0.2) is 146 Å². The number of hydrogen-bond acceptors (Lipinski definition) is 11. The lowest BCUT2D eigenvalue weighted by Crippen LogP contribution is -2.49. The number of rotatable bonds is 21. The van der Waals surface area contributed by atoms with Crippen LogP contribution in [0.5, 0.6) is 0 Å². The van der Waals surface area contributed by atoms with Gasteiger partial charge in [0.25, 0.3) is 11.8 Å². The van der Waals surface area contributed by atoms with Crippen molar-refractivity contribution in [3.63, 3.8) is 0 Å². The van der Waals surface area contributed by atoms with Crippen molar-refractivity contribution in [2.24, 2.45) is 23.3 Å². The van der Waals surface area contributed by atoms with Crippen LogP contribution >= 0.6 is 12.4 Å². The Bertz CT molecular complexity index is 3770. The Kier molecular flexibility index (Phi) is 21.0. The van der Waals surface area contributed by atoms with Gasteiger partial charge in [-0.25, -0.2) is 31.9 Å². The van der Waals surface area contributed by atoms with Crippen molar-refractivity contribution in [1.29, 1.82) is 0 Å². The summed E-state index contributed by atoms with van der Waals surface area (Å²) in [6.45, 7) is 15.2. The minimum absolute atomic E-state index is 0. The first kappa shape index (κ1) is 66.0. The van der Waals surface area contributed by atoms with Gasteiger partial charge in [0.05, 0.1) is 60.9 Å². The van der Waals surface area contributed by atoms with E-state index in [1.165, 1.54) is 29.7 Å². The predicted molar refractivity (Wildman–Crippen MR) is 343 cm³/mol. The van der Waals surface area contributed by atoms with Crippen LogP contribution in [0.25, 0.3) is 11.4 Å². The van der Waals surface area contributed by atoms with Crippen molar-refractivity contribution in [2.45, 2.75) is 141 Å². The molecule has 17 nitrogen and oxygen atoms in total. The van der Waals surface area contributed by atoms with Gasteiger partial charge in [0.15, 0.2) is 0 Å². The number of carbonyl (C=O) groups excluding carboxylic acids is 3. The molecule has 8 aromatic rings. The average Bonchev–Trinajstić information content (AvgIpc) is 1.85. The molecule has 4 heterocycles.